The zero-order valence-electron chi connectivity index (χ0n) is 18.0. The van der Waals surface area contributed by atoms with Gasteiger partial charge in [0.1, 0.15) is 5.75 Å². The Morgan fingerprint density at radius 1 is 1.22 bits per heavy atom. The van der Waals surface area contributed by atoms with Gasteiger partial charge in [-0.1, -0.05) is 22.0 Å². The van der Waals surface area contributed by atoms with Gasteiger partial charge in [0.15, 0.2) is 9.84 Å². The van der Waals surface area contributed by atoms with Gasteiger partial charge in [-0.2, -0.15) is 0 Å². The average molecular weight is 521 g/mol. The Kier molecular flexibility index (Phi) is 6.31. The summed E-state index contributed by atoms with van der Waals surface area (Å²) in [5.41, 5.74) is 2.75. The summed E-state index contributed by atoms with van der Waals surface area (Å²) in [6, 6.07) is 8.78. The minimum absolute atomic E-state index is 0.00441. The van der Waals surface area contributed by atoms with Crippen LogP contribution in [0.3, 0.4) is 0 Å². The second-order valence-electron chi connectivity index (χ2n) is 8.25. The Hall–Kier alpha value is -2.39. The van der Waals surface area contributed by atoms with Crippen molar-refractivity contribution in [2.75, 3.05) is 29.6 Å². The third-order valence-corrected chi connectivity index (χ3v) is 7.93. The van der Waals surface area contributed by atoms with E-state index in [0.717, 1.165) is 24.0 Å². The Balaban J connectivity index is 1.54. The molecule has 1 N–H and O–H groups in total. The van der Waals surface area contributed by atoms with Crippen LogP contribution >= 0.6 is 15.9 Å². The minimum Gasteiger partial charge on any atom is -0.495 e. The average Bonchev–Trinajstić information content (AvgIpc) is 3.51. The number of fused-ring (bicyclic) bond motifs is 1. The lowest BCUT2D eigenvalue weighted by molar-refractivity contribution is -0.119. The quantitative estimate of drug-likeness (QED) is 0.598. The number of carbonyl (C=O) groups is 2. The second-order valence-corrected chi connectivity index (χ2v) is 11.2. The van der Waals surface area contributed by atoms with E-state index in [0.29, 0.717) is 34.6 Å². The number of hydrogen-bond acceptors (Lipinski definition) is 5. The van der Waals surface area contributed by atoms with Crippen molar-refractivity contribution in [3.8, 4) is 5.75 Å². The molecule has 1 aliphatic carbocycles. The van der Waals surface area contributed by atoms with Crippen LogP contribution in [0.5, 0.6) is 5.75 Å². The maximum atomic E-state index is 13.3. The first-order valence-electron chi connectivity index (χ1n) is 10.5. The lowest BCUT2D eigenvalue weighted by Gasteiger charge is -2.21. The normalized spacial score (nSPS) is 15.4. The van der Waals surface area contributed by atoms with Crippen LogP contribution in [-0.2, 0) is 25.8 Å². The first-order valence-corrected chi connectivity index (χ1v) is 12.9. The molecular weight excluding hydrogens is 496 g/mol. The number of aryl methyl sites for hydroxylation is 1. The van der Waals surface area contributed by atoms with Crippen molar-refractivity contribution in [1.29, 1.82) is 0 Å². The van der Waals surface area contributed by atoms with E-state index in [-0.39, 0.29) is 28.9 Å². The van der Waals surface area contributed by atoms with E-state index >= 15 is 0 Å². The van der Waals surface area contributed by atoms with Crippen LogP contribution in [0.15, 0.2) is 39.7 Å². The predicted molar refractivity (Wildman–Crippen MR) is 126 cm³/mol. The molecule has 7 nitrogen and oxygen atoms in total. The van der Waals surface area contributed by atoms with Crippen molar-refractivity contribution in [3.63, 3.8) is 0 Å². The van der Waals surface area contributed by atoms with Gasteiger partial charge < -0.3 is 15.0 Å². The van der Waals surface area contributed by atoms with Crippen LogP contribution in [-0.4, -0.2) is 39.6 Å². The third-order valence-electron chi connectivity index (χ3n) is 5.75. The first-order chi connectivity index (χ1) is 15.2. The molecule has 0 saturated heterocycles. The Morgan fingerprint density at radius 2 is 1.97 bits per heavy atom. The number of sulfone groups is 1. The van der Waals surface area contributed by atoms with Gasteiger partial charge in [-0.3, -0.25) is 9.59 Å². The largest absolute Gasteiger partial charge is 0.495 e. The Bertz CT molecular complexity index is 1190. The maximum Gasteiger partial charge on any atom is 0.230 e. The molecule has 2 aromatic carbocycles. The number of ether oxygens (including phenoxy) is 1. The van der Waals surface area contributed by atoms with E-state index < -0.39 is 15.7 Å². The van der Waals surface area contributed by atoms with Crippen LogP contribution in [0.2, 0.25) is 0 Å². The Morgan fingerprint density at radius 3 is 2.66 bits per heavy atom. The molecule has 0 radical (unpaired) electrons. The molecule has 0 aromatic heterocycles. The van der Waals surface area contributed by atoms with Gasteiger partial charge in [0, 0.05) is 23.4 Å². The van der Waals surface area contributed by atoms with E-state index in [1.807, 2.05) is 19.1 Å². The number of anilines is 2. The number of benzene rings is 2. The standard InChI is InChI=1S/C23H25BrN2O5S/c1-14-3-6-19(31-2)18(11-14)25-21(27)8-10-32(29,30)20-13-17(24)12-16-7-9-26(22(16)20)23(28)15-4-5-15/h3,6,11-13,15H,4-5,7-10H2,1-2H3,(H,25,27). The molecule has 0 unspecified atom stereocenters. The summed E-state index contributed by atoms with van der Waals surface area (Å²) < 4.78 is 32.4. The van der Waals surface area contributed by atoms with Crippen molar-refractivity contribution < 1.29 is 22.7 Å². The topological polar surface area (TPSA) is 92.8 Å². The van der Waals surface area contributed by atoms with Crippen molar-refractivity contribution in [3.05, 3.63) is 45.9 Å². The summed E-state index contributed by atoms with van der Waals surface area (Å²) in [7, 11) is -2.30. The van der Waals surface area contributed by atoms with Gasteiger partial charge >= 0.3 is 0 Å². The van der Waals surface area contributed by atoms with Gasteiger partial charge in [0.05, 0.1) is 29.1 Å². The van der Waals surface area contributed by atoms with Gasteiger partial charge in [-0.25, -0.2) is 8.42 Å². The van der Waals surface area contributed by atoms with Gasteiger partial charge in [0.2, 0.25) is 11.8 Å². The molecule has 0 bridgehead atoms. The van der Waals surface area contributed by atoms with E-state index in [4.69, 9.17) is 4.74 Å². The van der Waals surface area contributed by atoms with E-state index in [1.165, 1.54) is 13.2 Å². The summed E-state index contributed by atoms with van der Waals surface area (Å²) in [6.45, 7) is 2.37. The third kappa shape index (κ3) is 4.68. The van der Waals surface area contributed by atoms with Crippen LogP contribution in [0, 0.1) is 12.8 Å². The van der Waals surface area contributed by atoms with Gasteiger partial charge in [-0.05, 0) is 61.6 Å². The summed E-state index contributed by atoms with van der Waals surface area (Å²) >= 11 is 3.39. The van der Waals surface area contributed by atoms with Crippen molar-refractivity contribution >= 4 is 49.0 Å². The monoisotopic (exact) mass is 520 g/mol. The molecule has 1 aliphatic heterocycles. The molecule has 0 atom stereocenters. The molecule has 1 fully saturated rings. The molecular formula is C23H25BrN2O5S. The molecule has 32 heavy (non-hydrogen) atoms. The fourth-order valence-electron chi connectivity index (χ4n) is 3.95. The molecule has 1 saturated carbocycles. The summed E-state index contributed by atoms with van der Waals surface area (Å²) in [4.78, 5) is 27.0. The number of amides is 2. The highest BCUT2D eigenvalue weighted by Crippen LogP contribution is 2.41. The molecule has 4 rings (SSSR count). The van der Waals surface area contributed by atoms with Crippen LogP contribution < -0.4 is 15.0 Å². The number of hydrogen-bond donors (Lipinski definition) is 1. The predicted octanol–water partition coefficient (Wildman–Crippen LogP) is 3.87. The van der Waals surface area contributed by atoms with Crippen molar-refractivity contribution in [2.45, 2.75) is 37.5 Å². The van der Waals surface area contributed by atoms with Gasteiger partial charge in [0.25, 0.3) is 0 Å². The zero-order valence-corrected chi connectivity index (χ0v) is 20.4. The summed E-state index contributed by atoms with van der Waals surface area (Å²) in [5.74, 6) is -0.288. The summed E-state index contributed by atoms with van der Waals surface area (Å²) in [6.07, 6.45) is 2.11. The van der Waals surface area contributed by atoms with Crippen molar-refractivity contribution in [1.82, 2.24) is 0 Å². The van der Waals surface area contributed by atoms with Gasteiger partial charge in [-0.15, -0.1) is 0 Å². The number of halogens is 1. The minimum atomic E-state index is -3.81. The first kappa shape index (κ1) is 22.8. The van der Waals surface area contributed by atoms with Crippen LogP contribution in [0.1, 0.15) is 30.4 Å². The highest BCUT2D eigenvalue weighted by Gasteiger charge is 2.39. The number of rotatable bonds is 7. The maximum absolute atomic E-state index is 13.3. The smallest absolute Gasteiger partial charge is 0.230 e. The van der Waals surface area contributed by atoms with E-state index in [1.54, 1.807) is 17.0 Å². The molecule has 9 heteroatoms. The van der Waals surface area contributed by atoms with Crippen LogP contribution in [0.4, 0.5) is 11.4 Å². The van der Waals surface area contributed by atoms with Crippen LogP contribution in [0.25, 0.3) is 0 Å². The second kappa shape index (κ2) is 8.86. The molecule has 2 aliphatic rings. The van der Waals surface area contributed by atoms with E-state index in [2.05, 4.69) is 21.2 Å². The highest BCUT2D eigenvalue weighted by molar-refractivity contribution is 9.10. The summed E-state index contributed by atoms with van der Waals surface area (Å²) in [5, 5.41) is 2.74. The SMILES string of the molecule is COc1ccc(C)cc1NC(=O)CCS(=O)(=O)c1cc(Br)cc2c1N(C(=O)C1CC1)CC2. The molecule has 0 spiro atoms. The highest BCUT2D eigenvalue weighted by atomic mass is 79.9. The number of methoxy groups -OCH3 is 1. The zero-order chi connectivity index (χ0) is 23.0. The lowest BCUT2D eigenvalue weighted by Crippen LogP contribution is -2.31. The molecule has 2 aromatic rings. The number of nitrogens with zero attached hydrogens (tertiary/aromatic N) is 1. The Labute approximate surface area is 196 Å². The molecule has 1 heterocycles. The number of carbonyl (C=O) groups excluding carboxylic acids is 2. The fraction of sp³-hybridized carbons (Fsp3) is 0.391. The van der Waals surface area contributed by atoms with Crippen molar-refractivity contribution in [2.24, 2.45) is 5.92 Å². The fourth-order valence-corrected chi connectivity index (χ4v) is 6.12. The molecule has 2 amide bonds. The number of nitrogens with one attached hydrogen (secondary N) is 1. The lowest BCUT2D eigenvalue weighted by atomic mass is 10.2. The molecule has 170 valence electrons. The van der Waals surface area contributed by atoms with E-state index in [9.17, 15) is 18.0 Å².